The van der Waals surface area contributed by atoms with E-state index in [9.17, 15) is 0 Å². The van der Waals surface area contributed by atoms with Crippen LogP contribution in [0.25, 0.3) is 0 Å². The van der Waals surface area contributed by atoms with Gasteiger partial charge in [-0.25, -0.2) is 0 Å². The third-order valence-corrected chi connectivity index (χ3v) is 16.1. The molecule has 2 aliphatic carbocycles. The Balaban J connectivity index is 1.25. The third kappa shape index (κ3) is 8.29. The van der Waals surface area contributed by atoms with Gasteiger partial charge in [0.1, 0.15) is 12.2 Å². The molecule has 0 N–H and O–H groups in total. The van der Waals surface area contributed by atoms with Crippen LogP contribution in [0, 0.1) is 17.8 Å². The maximum absolute atomic E-state index is 15.2. The van der Waals surface area contributed by atoms with E-state index in [-0.39, 0.29) is 28.6 Å². The third-order valence-electron chi connectivity index (χ3n) is 11.1. The minimum atomic E-state index is -2.85. The van der Waals surface area contributed by atoms with Crippen LogP contribution < -0.4 is 10.4 Å². The van der Waals surface area contributed by atoms with Crippen LogP contribution in [-0.4, -0.2) is 39.0 Å². The van der Waals surface area contributed by atoms with Crippen LogP contribution >= 0.6 is 0 Å². The Hall–Kier alpha value is -4.43. The van der Waals surface area contributed by atoms with E-state index in [0.29, 0.717) is 26.4 Å². The van der Waals surface area contributed by atoms with Gasteiger partial charge < -0.3 is 18.6 Å². The normalized spacial score (nSPS) is 22.8. The summed E-state index contributed by atoms with van der Waals surface area (Å²) in [5.74, 6) is -0.588. The highest BCUT2D eigenvalue weighted by Gasteiger charge is 2.56. The number of Topliss-reactive ketones (excluding diaryl/α,β-unsaturated/α-hetero) is 1. The number of carbonyl (C=O) groups is 1. The second-order valence-corrected chi connectivity index (χ2v) is 19.9. The smallest absolute Gasteiger partial charge is 0.261 e. The molecule has 0 heterocycles. The summed E-state index contributed by atoms with van der Waals surface area (Å²) in [6.45, 7) is 8.37. The average molecular weight is 737 g/mol. The Morgan fingerprint density at radius 1 is 0.574 bits per heavy atom. The van der Waals surface area contributed by atoms with Crippen LogP contribution in [0.5, 0.6) is 0 Å². The summed E-state index contributed by atoms with van der Waals surface area (Å²) in [5.41, 5.74) is 3.11. The molecule has 0 aromatic heterocycles. The largest absolute Gasteiger partial charge is 0.407 e. The predicted molar refractivity (Wildman–Crippen MR) is 218 cm³/mol. The van der Waals surface area contributed by atoms with Crippen LogP contribution in [0.3, 0.4) is 0 Å². The number of hydrogen-bond acceptors (Lipinski definition) is 5. The number of ether oxygens (including phenoxy) is 3. The van der Waals surface area contributed by atoms with Gasteiger partial charge in [0.2, 0.25) is 0 Å². The van der Waals surface area contributed by atoms with E-state index in [4.69, 9.17) is 18.6 Å². The van der Waals surface area contributed by atoms with Crippen molar-refractivity contribution in [2.45, 2.75) is 70.4 Å². The zero-order valence-corrected chi connectivity index (χ0v) is 32.6. The van der Waals surface area contributed by atoms with Gasteiger partial charge in [0.15, 0.2) is 5.78 Å². The molecule has 5 aromatic rings. The van der Waals surface area contributed by atoms with Gasteiger partial charge in [-0.05, 0) is 44.4 Å². The quantitative estimate of drug-likeness (QED) is 0.0844. The van der Waals surface area contributed by atoms with E-state index in [1.807, 2.05) is 78.9 Å². The molecule has 0 saturated heterocycles. The molecule has 6 heteroatoms. The molecule has 0 bridgehead atoms. The first-order valence-electron chi connectivity index (χ1n) is 19.3. The molecule has 0 amide bonds. The molecule has 5 nitrogen and oxygen atoms in total. The van der Waals surface area contributed by atoms with Crippen molar-refractivity contribution in [3.05, 3.63) is 181 Å². The number of ketones is 1. The average Bonchev–Trinajstić information content (AvgIpc) is 3.21. The van der Waals surface area contributed by atoms with Crippen LogP contribution in [0.1, 0.15) is 43.9 Å². The Kier molecular flexibility index (Phi) is 12.2. The summed E-state index contributed by atoms with van der Waals surface area (Å²) in [6, 6.07) is 51.8. The van der Waals surface area contributed by atoms with Crippen molar-refractivity contribution in [1.82, 2.24) is 0 Å². The van der Waals surface area contributed by atoms with Gasteiger partial charge in [-0.3, -0.25) is 4.79 Å². The topological polar surface area (TPSA) is 54.0 Å². The maximum Gasteiger partial charge on any atom is 0.261 e. The molecule has 0 radical (unpaired) electrons. The molecule has 7 rings (SSSR count). The highest BCUT2D eigenvalue weighted by molar-refractivity contribution is 6.99. The van der Waals surface area contributed by atoms with E-state index in [2.05, 4.69) is 106 Å². The summed E-state index contributed by atoms with van der Waals surface area (Å²) in [6.07, 6.45) is 3.29. The van der Waals surface area contributed by atoms with Gasteiger partial charge in [-0.1, -0.05) is 185 Å². The lowest BCUT2D eigenvalue weighted by atomic mass is 9.64. The first kappa shape index (κ1) is 37.9. The molecule has 0 spiro atoms. The lowest BCUT2D eigenvalue weighted by Gasteiger charge is -2.49. The maximum atomic E-state index is 15.2. The predicted octanol–water partition coefficient (Wildman–Crippen LogP) is 8.71. The molecule has 1 fully saturated rings. The lowest BCUT2D eigenvalue weighted by Crippen LogP contribution is -2.67. The summed E-state index contributed by atoms with van der Waals surface area (Å²) >= 11 is 0. The fourth-order valence-corrected chi connectivity index (χ4v) is 13.1. The fraction of sp³-hybridized carbons (Fsp3) is 0.312. The zero-order valence-electron chi connectivity index (χ0n) is 31.6. The number of hydrogen-bond donors (Lipinski definition) is 0. The SMILES string of the molecule is CC(C)(C)[Si](OCC1CC=CC2C1C(=O)[C@@H](OCc1ccccc1)[C@H](OCc1ccccc1)[C@H]2OCc1ccccc1)(c1ccccc1)c1ccccc1. The van der Waals surface area contributed by atoms with Crippen molar-refractivity contribution in [3.8, 4) is 0 Å². The van der Waals surface area contributed by atoms with Crippen LogP contribution in [0.2, 0.25) is 5.04 Å². The minimum Gasteiger partial charge on any atom is -0.407 e. The highest BCUT2D eigenvalue weighted by atomic mass is 28.4. The summed E-state index contributed by atoms with van der Waals surface area (Å²) < 4.78 is 27.9. The first-order valence-corrected chi connectivity index (χ1v) is 21.2. The van der Waals surface area contributed by atoms with Gasteiger partial charge in [-0.15, -0.1) is 0 Å². The Morgan fingerprint density at radius 3 is 1.46 bits per heavy atom. The van der Waals surface area contributed by atoms with Gasteiger partial charge >= 0.3 is 0 Å². The lowest BCUT2D eigenvalue weighted by molar-refractivity contribution is -0.200. The molecular weight excluding hydrogens is 685 g/mol. The Morgan fingerprint density at radius 2 is 1.00 bits per heavy atom. The van der Waals surface area contributed by atoms with Crippen molar-refractivity contribution in [2.75, 3.05) is 6.61 Å². The number of benzene rings is 5. The number of rotatable bonds is 14. The molecule has 5 aromatic carbocycles. The first-order chi connectivity index (χ1) is 26.3. The van der Waals surface area contributed by atoms with Gasteiger partial charge in [0.05, 0.1) is 25.9 Å². The van der Waals surface area contributed by atoms with E-state index in [1.165, 1.54) is 10.4 Å². The molecule has 0 aliphatic heterocycles. The van der Waals surface area contributed by atoms with Gasteiger partial charge in [-0.2, -0.15) is 0 Å². The molecule has 54 heavy (non-hydrogen) atoms. The van der Waals surface area contributed by atoms with Crippen molar-refractivity contribution in [1.29, 1.82) is 0 Å². The van der Waals surface area contributed by atoms with E-state index in [0.717, 1.165) is 23.1 Å². The fourth-order valence-electron chi connectivity index (χ4n) is 8.49. The standard InChI is InChI=1S/C48H52O5Si/c1-48(2,3)54(40-27-15-7-16-28-40,41-29-17-8-18-30-41)53-35-39-26-19-31-42-43(39)44(49)46(51-33-37-22-11-5-12-23-37)47(52-34-38-24-13-6-14-25-38)45(42)50-32-36-20-9-4-10-21-36/h4-25,27-31,39,42-43,45-47H,26,32-35H2,1-3H3/t39?,42?,43?,45-,46+,47+/m0/s1. The van der Waals surface area contributed by atoms with Crippen molar-refractivity contribution >= 4 is 24.5 Å². The summed E-state index contributed by atoms with van der Waals surface area (Å²) in [7, 11) is -2.85. The highest BCUT2D eigenvalue weighted by Crippen LogP contribution is 2.44. The molecular formula is C48H52O5Si. The van der Waals surface area contributed by atoms with E-state index >= 15 is 4.79 Å². The van der Waals surface area contributed by atoms with Crippen LogP contribution in [0.4, 0.5) is 0 Å². The molecule has 1 saturated carbocycles. The van der Waals surface area contributed by atoms with Crippen molar-refractivity contribution in [2.24, 2.45) is 17.8 Å². The molecule has 6 atom stereocenters. The second kappa shape index (κ2) is 17.4. The second-order valence-electron chi connectivity index (χ2n) is 15.6. The zero-order chi connectivity index (χ0) is 37.4. The Labute approximate surface area is 322 Å². The van der Waals surface area contributed by atoms with Crippen molar-refractivity contribution < 1.29 is 23.4 Å². The summed E-state index contributed by atoms with van der Waals surface area (Å²) in [4.78, 5) is 15.2. The van der Waals surface area contributed by atoms with Gasteiger partial charge in [0.25, 0.3) is 8.32 Å². The van der Waals surface area contributed by atoms with E-state index < -0.39 is 26.6 Å². The van der Waals surface area contributed by atoms with E-state index in [1.54, 1.807) is 0 Å². The number of fused-ring (bicyclic) bond motifs is 1. The monoisotopic (exact) mass is 736 g/mol. The van der Waals surface area contributed by atoms with Crippen LogP contribution in [0.15, 0.2) is 164 Å². The number of allylic oxidation sites excluding steroid dienone is 1. The molecule has 2 aliphatic rings. The number of carbonyl (C=O) groups excluding carboxylic acids is 1. The molecule has 3 unspecified atom stereocenters. The Bertz CT molecular complexity index is 1890. The summed E-state index contributed by atoms with van der Waals surface area (Å²) in [5, 5.41) is 2.27. The van der Waals surface area contributed by atoms with Crippen LogP contribution in [-0.2, 0) is 43.3 Å². The van der Waals surface area contributed by atoms with Crippen molar-refractivity contribution in [3.63, 3.8) is 0 Å². The minimum absolute atomic E-state index is 0.0638. The van der Waals surface area contributed by atoms with Gasteiger partial charge in [0, 0.05) is 18.4 Å². The molecule has 278 valence electrons.